The second kappa shape index (κ2) is 7.00. The molecule has 0 spiro atoms. The topological polar surface area (TPSA) is 59.3 Å². The summed E-state index contributed by atoms with van der Waals surface area (Å²) in [5.74, 6) is -0.303. The van der Waals surface area contributed by atoms with Crippen LogP contribution in [-0.2, 0) is 4.79 Å². The van der Waals surface area contributed by atoms with E-state index in [0.29, 0.717) is 16.5 Å². The summed E-state index contributed by atoms with van der Waals surface area (Å²) in [4.78, 5) is 24.5. The van der Waals surface area contributed by atoms with Crippen molar-refractivity contribution in [1.82, 2.24) is 0 Å². The Morgan fingerprint density at radius 2 is 2.00 bits per heavy atom. The number of fused-ring (bicyclic) bond motifs is 1. The van der Waals surface area contributed by atoms with Crippen LogP contribution in [0.1, 0.15) is 11.1 Å². The number of anilines is 1. The molecule has 0 bridgehead atoms. The van der Waals surface area contributed by atoms with Crippen molar-refractivity contribution in [3.8, 4) is 0 Å². The van der Waals surface area contributed by atoms with E-state index < -0.39 is 0 Å². The first-order chi connectivity index (χ1) is 11.5. The molecule has 1 amide bonds. The summed E-state index contributed by atoms with van der Waals surface area (Å²) in [7, 11) is 0. The van der Waals surface area contributed by atoms with Gasteiger partial charge in [-0.25, -0.2) is 0 Å². The minimum Gasteiger partial charge on any atom is -0.463 e. The fraction of sp³-hybridized carbons (Fsp3) is 0.0526. The molecule has 0 aliphatic carbocycles. The van der Waals surface area contributed by atoms with Crippen LogP contribution in [0.5, 0.6) is 0 Å². The summed E-state index contributed by atoms with van der Waals surface area (Å²) in [6, 6.07) is 12.9. The fourth-order valence-electron chi connectivity index (χ4n) is 2.28. The standard InChI is InChI=1S/C19H14INO3/c1-12-6-8-17-14(10-12)19(23)13(11-24-17)7-9-18(22)21-16-5-3-2-4-15(16)20/h2-11H,1H3,(H,21,22)/b9-7+. The van der Waals surface area contributed by atoms with Gasteiger partial charge in [0, 0.05) is 9.65 Å². The highest BCUT2D eigenvalue weighted by molar-refractivity contribution is 14.1. The second-order valence-electron chi connectivity index (χ2n) is 5.32. The second-order valence-corrected chi connectivity index (χ2v) is 6.48. The molecular formula is C19H14INO3. The van der Waals surface area contributed by atoms with E-state index in [0.717, 1.165) is 14.8 Å². The third-order valence-corrected chi connectivity index (χ3v) is 4.44. The lowest BCUT2D eigenvalue weighted by atomic mass is 10.1. The molecule has 1 N–H and O–H groups in total. The molecule has 0 aliphatic rings. The molecule has 0 unspecified atom stereocenters. The SMILES string of the molecule is Cc1ccc2occ(/C=C/C(=O)Nc3ccccc3I)c(=O)c2c1. The molecule has 120 valence electrons. The van der Waals surface area contributed by atoms with E-state index in [1.165, 1.54) is 18.4 Å². The maximum absolute atomic E-state index is 12.5. The smallest absolute Gasteiger partial charge is 0.248 e. The number of halogens is 1. The Labute approximate surface area is 152 Å². The molecule has 4 nitrogen and oxygen atoms in total. The Morgan fingerprint density at radius 1 is 1.21 bits per heavy atom. The first kappa shape index (κ1) is 16.4. The number of carbonyl (C=O) groups excluding carboxylic acids is 1. The number of para-hydroxylation sites is 1. The van der Waals surface area contributed by atoms with E-state index in [9.17, 15) is 9.59 Å². The van der Waals surface area contributed by atoms with Crippen molar-refractivity contribution in [1.29, 1.82) is 0 Å². The molecule has 3 aromatic rings. The molecular weight excluding hydrogens is 417 g/mol. The minimum absolute atomic E-state index is 0.154. The summed E-state index contributed by atoms with van der Waals surface area (Å²) >= 11 is 2.15. The minimum atomic E-state index is -0.303. The van der Waals surface area contributed by atoms with Gasteiger partial charge >= 0.3 is 0 Å². The average molecular weight is 431 g/mol. The Hall–Kier alpha value is -2.41. The zero-order chi connectivity index (χ0) is 17.1. The van der Waals surface area contributed by atoms with Gasteiger partial charge in [0.05, 0.1) is 16.6 Å². The number of rotatable bonds is 3. The van der Waals surface area contributed by atoms with E-state index in [1.54, 1.807) is 12.1 Å². The molecule has 1 heterocycles. The quantitative estimate of drug-likeness (QED) is 0.496. The van der Waals surface area contributed by atoms with E-state index in [1.807, 2.05) is 37.3 Å². The van der Waals surface area contributed by atoms with Crippen LogP contribution >= 0.6 is 22.6 Å². The monoisotopic (exact) mass is 431 g/mol. The Balaban J connectivity index is 1.85. The van der Waals surface area contributed by atoms with Crippen molar-refractivity contribution < 1.29 is 9.21 Å². The van der Waals surface area contributed by atoms with Crippen LogP contribution in [-0.4, -0.2) is 5.91 Å². The van der Waals surface area contributed by atoms with Crippen LogP contribution in [0.2, 0.25) is 0 Å². The molecule has 0 aliphatic heterocycles. The van der Waals surface area contributed by atoms with E-state index >= 15 is 0 Å². The van der Waals surface area contributed by atoms with Crippen molar-refractivity contribution in [2.24, 2.45) is 0 Å². The van der Waals surface area contributed by atoms with Crippen LogP contribution in [0.15, 0.2) is 64.0 Å². The van der Waals surface area contributed by atoms with Gasteiger partial charge in [0.25, 0.3) is 0 Å². The van der Waals surface area contributed by atoms with Crippen LogP contribution in [0.3, 0.4) is 0 Å². The third kappa shape index (κ3) is 3.56. The Morgan fingerprint density at radius 3 is 2.79 bits per heavy atom. The predicted molar refractivity (Wildman–Crippen MR) is 104 cm³/mol. The fourth-order valence-corrected chi connectivity index (χ4v) is 2.80. The van der Waals surface area contributed by atoms with E-state index in [-0.39, 0.29) is 11.3 Å². The molecule has 1 aromatic heterocycles. The molecule has 0 saturated carbocycles. The Bertz CT molecular complexity index is 1000. The first-order valence-electron chi connectivity index (χ1n) is 7.30. The summed E-state index contributed by atoms with van der Waals surface area (Å²) in [6.07, 6.45) is 4.17. The van der Waals surface area contributed by atoms with E-state index in [4.69, 9.17) is 4.42 Å². The summed E-state index contributed by atoms with van der Waals surface area (Å²) in [5.41, 5.74) is 2.43. The maximum atomic E-state index is 12.5. The zero-order valence-electron chi connectivity index (χ0n) is 12.9. The summed E-state index contributed by atoms with van der Waals surface area (Å²) in [6.45, 7) is 1.91. The largest absolute Gasteiger partial charge is 0.463 e. The molecule has 0 fully saturated rings. The Kier molecular flexibility index (Phi) is 4.80. The normalized spacial score (nSPS) is 11.1. The molecule has 24 heavy (non-hydrogen) atoms. The van der Waals surface area contributed by atoms with Gasteiger partial charge in [0.2, 0.25) is 5.91 Å². The lowest BCUT2D eigenvalue weighted by Gasteiger charge is -2.04. The van der Waals surface area contributed by atoms with E-state index in [2.05, 4.69) is 27.9 Å². The molecule has 5 heteroatoms. The molecule has 0 saturated heterocycles. The van der Waals surface area contributed by atoms with Gasteiger partial charge in [-0.2, -0.15) is 0 Å². The van der Waals surface area contributed by atoms with Gasteiger partial charge in [-0.1, -0.05) is 23.8 Å². The average Bonchev–Trinajstić information content (AvgIpc) is 2.57. The lowest BCUT2D eigenvalue weighted by molar-refractivity contribution is -0.111. The highest BCUT2D eigenvalue weighted by Gasteiger charge is 2.06. The zero-order valence-corrected chi connectivity index (χ0v) is 15.0. The van der Waals surface area contributed by atoms with Gasteiger partial charge in [-0.05, 0) is 59.9 Å². The third-order valence-electron chi connectivity index (χ3n) is 3.50. The van der Waals surface area contributed by atoms with Crippen molar-refractivity contribution in [3.63, 3.8) is 0 Å². The molecule has 3 rings (SSSR count). The number of carbonyl (C=O) groups is 1. The summed E-state index contributed by atoms with van der Waals surface area (Å²) in [5, 5.41) is 3.29. The molecule has 0 radical (unpaired) electrons. The predicted octanol–water partition coefficient (Wildman–Crippen LogP) is 4.36. The van der Waals surface area contributed by atoms with Gasteiger partial charge in [0.15, 0.2) is 5.43 Å². The number of aryl methyl sites for hydroxylation is 1. The molecule has 2 aromatic carbocycles. The van der Waals surface area contributed by atoms with Crippen molar-refractivity contribution in [2.75, 3.05) is 5.32 Å². The van der Waals surface area contributed by atoms with Crippen molar-refractivity contribution in [2.45, 2.75) is 6.92 Å². The summed E-state index contributed by atoms with van der Waals surface area (Å²) < 4.78 is 6.41. The van der Waals surface area contributed by atoms with Crippen LogP contribution in [0.25, 0.3) is 17.0 Å². The van der Waals surface area contributed by atoms with Gasteiger partial charge in [0.1, 0.15) is 11.8 Å². The highest BCUT2D eigenvalue weighted by atomic mass is 127. The molecule has 0 atom stereocenters. The van der Waals surface area contributed by atoms with Crippen molar-refractivity contribution >= 4 is 51.2 Å². The number of nitrogens with one attached hydrogen (secondary N) is 1. The van der Waals surface area contributed by atoms with Gasteiger partial charge in [-0.3, -0.25) is 9.59 Å². The van der Waals surface area contributed by atoms with Gasteiger partial charge in [-0.15, -0.1) is 0 Å². The van der Waals surface area contributed by atoms with Crippen LogP contribution in [0.4, 0.5) is 5.69 Å². The first-order valence-corrected chi connectivity index (χ1v) is 8.38. The number of amides is 1. The lowest BCUT2D eigenvalue weighted by Crippen LogP contribution is -2.10. The van der Waals surface area contributed by atoms with Gasteiger partial charge < -0.3 is 9.73 Å². The maximum Gasteiger partial charge on any atom is 0.248 e. The number of hydrogen-bond donors (Lipinski definition) is 1. The van der Waals surface area contributed by atoms with Crippen LogP contribution in [0, 0.1) is 10.5 Å². The number of hydrogen-bond acceptors (Lipinski definition) is 3. The van der Waals surface area contributed by atoms with Crippen molar-refractivity contribution in [3.05, 3.63) is 79.7 Å². The highest BCUT2D eigenvalue weighted by Crippen LogP contribution is 2.17. The number of benzene rings is 2. The van der Waals surface area contributed by atoms with Crippen LogP contribution < -0.4 is 10.7 Å².